The largest absolute Gasteiger partial charge is 0.392 e. The van der Waals surface area contributed by atoms with Gasteiger partial charge in [-0.05, 0) is 48.4 Å². The first-order chi connectivity index (χ1) is 22.3. The van der Waals surface area contributed by atoms with Crippen molar-refractivity contribution in [3.05, 3.63) is 81.8 Å². The third-order valence-corrected chi connectivity index (χ3v) is 10.8. The third kappa shape index (κ3) is 9.38. The molecule has 47 heavy (non-hydrogen) atoms. The molecular formula is C34H47N5O6S2. The minimum atomic E-state index is -4.02. The summed E-state index contributed by atoms with van der Waals surface area (Å²) in [4.78, 5) is 35.4. The lowest BCUT2D eigenvalue weighted by Crippen LogP contribution is -2.57. The highest BCUT2D eigenvalue weighted by Gasteiger charge is 2.40. The number of amides is 3. The Kier molecular flexibility index (Phi) is 12.5. The molecule has 3 atom stereocenters. The highest BCUT2D eigenvalue weighted by molar-refractivity contribution is 7.89. The van der Waals surface area contributed by atoms with Crippen LogP contribution < -0.4 is 5.32 Å². The summed E-state index contributed by atoms with van der Waals surface area (Å²) in [5.74, 6) is -0.675. The maximum atomic E-state index is 14.0. The SMILES string of the molecule is Cc1nc(CN2CCN([C@H](C(=O)N[C@@H](Cc3ccccc3)[C@H](O)CN(CC(C)C)S(=O)(=O)c3ccc(CO)cc3)C(C)C)C2=O)cs1. The van der Waals surface area contributed by atoms with Crippen LogP contribution in [0.4, 0.5) is 4.79 Å². The summed E-state index contributed by atoms with van der Waals surface area (Å²) in [5.41, 5.74) is 2.25. The molecule has 0 saturated carbocycles. The molecule has 3 N–H and O–H groups in total. The molecule has 1 saturated heterocycles. The molecule has 0 spiro atoms. The summed E-state index contributed by atoms with van der Waals surface area (Å²) in [6, 6.07) is 13.5. The van der Waals surface area contributed by atoms with Gasteiger partial charge in [0.15, 0.2) is 0 Å². The number of aromatic nitrogens is 1. The number of hydrogen-bond acceptors (Lipinski definition) is 8. The molecule has 0 bridgehead atoms. The van der Waals surface area contributed by atoms with E-state index in [0.717, 1.165) is 16.3 Å². The van der Waals surface area contributed by atoms with Gasteiger partial charge in [-0.1, -0.05) is 70.2 Å². The number of aryl methyl sites for hydroxylation is 1. The van der Waals surface area contributed by atoms with Gasteiger partial charge in [0.1, 0.15) is 6.04 Å². The summed E-state index contributed by atoms with van der Waals surface area (Å²) in [6.45, 7) is 10.4. The highest BCUT2D eigenvalue weighted by Crippen LogP contribution is 2.23. The van der Waals surface area contributed by atoms with E-state index in [-0.39, 0.29) is 48.9 Å². The topological polar surface area (TPSA) is 143 Å². The second-order valence-electron chi connectivity index (χ2n) is 12.8. The van der Waals surface area contributed by atoms with Gasteiger partial charge in [-0.2, -0.15) is 4.31 Å². The van der Waals surface area contributed by atoms with Crippen molar-refractivity contribution >= 4 is 33.3 Å². The molecule has 4 rings (SSSR count). The smallest absolute Gasteiger partial charge is 0.321 e. The van der Waals surface area contributed by atoms with E-state index in [1.54, 1.807) is 21.9 Å². The Morgan fingerprint density at radius 1 is 1.02 bits per heavy atom. The van der Waals surface area contributed by atoms with Gasteiger partial charge in [-0.3, -0.25) is 4.79 Å². The summed E-state index contributed by atoms with van der Waals surface area (Å²) >= 11 is 1.52. The van der Waals surface area contributed by atoms with E-state index in [1.165, 1.54) is 27.8 Å². The number of carbonyl (C=O) groups excluding carboxylic acids is 2. The molecule has 256 valence electrons. The molecule has 3 aromatic rings. The lowest BCUT2D eigenvalue weighted by atomic mass is 9.97. The zero-order valence-electron chi connectivity index (χ0n) is 27.7. The predicted octanol–water partition coefficient (Wildman–Crippen LogP) is 3.64. The Morgan fingerprint density at radius 3 is 2.28 bits per heavy atom. The molecule has 1 aliphatic heterocycles. The van der Waals surface area contributed by atoms with Crippen molar-refractivity contribution in [3.63, 3.8) is 0 Å². The molecule has 1 fully saturated rings. The molecule has 0 aliphatic carbocycles. The van der Waals surface area contributed by atoms with Crippen LogP contribution in [0.2, 0.25) is 0 Å². The van der Waals surface area contributed by atoms with E-state index in [0.29, 0.717) is 25.2 Å². The Bertz CT molecular complexity index is 1580. The van der Waals surface area contributed by atoms with Gasteiger partial charge in [0.05, 0.1) is 40.9 Å². The average Bonchev–Trinajstić information content (AvgIpc) is 3.61. The first kappa shape index (κ1) is 36.5. The van der Waals surface area contributed by atoms with E-state index >= 15 is 0 Å². The van der Waals surface area contributed by atoms with E-state index in [1.807, 2.05) is 70.3 Å². The monoisotopic (exact) mass is 685 g/mol. The van der Waals surface area contributed by atoms with Crippen LogP contribution in [0, 0.1) is 18.8 Å². The molecule has 11 nitrogen and oxygen atoms in total. The van der Waals surface area contributed by atoms with Crippen LogP contribution in [0.3, 0.4) is 0 Å². The number of thiazole rings is 1. The van der Waals surface area contributed by atoms with E-state index in [4.69, 9.17) is 0 Å². The number of rotatable bonds is 16. The van der Waals surface area contributed by atoms with Crippen LogP contribution in [-0.2, 0) is 34.4 Å². The molecule has 2 heterocycles. The number of benzene rings is 2. The summed E-state index contributed by atoms with van der Waals surface area (Å²) in [5, 5.41) is 27.0. The zero-order chi connectivity index (χ0) is 34.3. The van der Waals surface area contributed by atoms with Crippen LogP contribution in [0.15, 0.2) is 64.9 Å². The van der Waals surface area contributed by atoms with Crippen molar-refractivity contribution in [1.82, 2.24) is 24.4 Å². The maximum Gasteiger partial charge on any atom is 0.321 e. The fourth-order valence-electron chi connectivity index (χ4n) is 5.84. The van der Waals surface area contributed by atoms with Crippen molar-refractivity contribution < 1.29 is 28.2 Å². The fourth-order valence-corrected chi connectivity index (χ4v) is 8.06. The predicted molar refractivity (Wildman–Crippen MR) is 182 cm³/mol. The summed E-state index contributed by atoms with van der Waals surface area (Å²) in [7, 11) is -4.02. The van der Waals surface area contributed by atoms with Crippen molar-refractivity contribution in [2.45, 2.75) is 77.3 Å². The van der Waals surface area contributed by atoms with Gasteiger partial charge in [-0.15, -0.1) is 11.3 Å². The number of urea groups is 1. The molecular weight excluding hydrogens is 639 g/mol. The van der Waals surface area contributed by atoms with Crippen LogP contribution in [0.1, 0.15) is 49.5 Å². The van der Waals surface area contributed by atoms with Crippen LogP contribution in [0.25, 0.3) is 0 Å². The summed E-state index contributed by atoms with van der Waals surface area (Å²) in [6.07, 6.45) is -1.02. The molecule has 1 aliphatic rings. The minimum absolute atomic E-state index is 0.0431. The minimum Gasteiger partial charge on any atom is -0.392 e. The van der Waals surface area contributed by atoms with Gasteiger partial charge < -0.3 is 25.3 Å². The van der Waals surface area contributed by atoms with Crippen molar-refractivity contribution in [3.8, 4) is 0 Å². The Labute approximate surface area is 282 Å². The second-order valence-corrected chi connectivity index (χ2v) is 15.8. The first-order valence-corrected chi connectivity index (χ1v) is 18.3. The molecule has 3 amide bonds. The lowest BCUT2D eigenvalue weighted by Gasteiger charge is -2.34. The lowest BCUT2D eigenvalue weighted by molar-refractivity contribution is -0.128. The Morgan fingerprint density at radius 2 is 1.70 bits per heavy atom. The van der Waals surface area contributed by atoms with Gasteiger partial charge in [0, 0.05) is 31.6 Å². The maximum absolute atomic E-state index is 14.0. The molecule has 0 unspecified atom stereocenters. The van der Waals surface area contributed by atoms with Crippen LogP contribution >= 0.6 is 11.3 Å². The normalized spacial score (nSPS) is 15.9. The first-order valence-electron chi connectivity index (χ1n) is 16.0. The number of hydrogen-bond donors (Lipinski definition) is 3. The Hall–Kier alpha value is -3.36. The average molecular weight is 686 g/mol. The number of aliphatic hydroxyl groups is 2. The number of nitrogens with one attached hydrogen (secondary N) is 1. The second kappa shape index (κ2) is 16.2. The van der Waals surface area contributed by atoms with Crippen molar-refractivity contribution in [2.75, 3.05) is 26.2 Å². The molecule has 0 radical (unpaired) electrons. The molecule has 13 heteroatoms. The number of carbonyl (C=O) groups is 2. The van der Waals surface area contributed by atoms with Crippen LogP contribution in [0.5, 0.6) is 0 Å². The fraction of sp³-hybridized carbons (Fsp3) is 0.500. The van der Waals surface area contributed by atoms with Gasteiger partial charge in [0.2, 0.25) is 15.9 Å². The number of sulfonamides is 1. The summed E-state index contributed by atoms with van der Waals surface area (Å²) < 4.78 is 28.8. The zero-order valence-corrected chi connectivity index (χ0v) is 29.4. The molecule has 1 aromatic heterocycles. The number of nitrogens with zero attached hydrogens (tertiary/aromatic N) is 4. The molecule has 2 aromatic carbocycles. The van der Waals surface area contributed by atoms with E-state index in [9.17, 15) is 28.2 Å². The Balaban J connectivity index is 1.56. The van der Waals surface area contributed by atoms with Crippen LogP contribution in [-0.4, -0.2) is 94.0 Å². The van der Waals surface area contributed by atoms with Crippen molar-refractivity contribution in [1.29, 1.82) is 0 Å². The van der Waals surface area contributed by atoms with Gasteiger partial charge >= 0.3 is 6.03 Å². The highest BCUT2D eigenvalue weighted by atomic mass is 32.2. The standard InChI is InChI=1S/C34H47N5O6S2/c1-23(2)18-38(47(44,45)29-13-11-27(21-40)12-14-29)20-31(41)30(17-26-9-7-6-8-10-26)36-33(42)32(24(3)4)39-16-15-37(34(39)43)19-28-22-46-25(5)35-28/h6-14,22-24,30-32,40-41H,15-21H2,1-5H3,(H,36,42)/t30-,31+,32-/m0/s1. The van der Waals surface area contributed by atoms with Gasteiger partial charge in [-0.25, -0.2) is 18.2 Å². The third-order valence-electron chi connectivity index (χ3n) is 8.18. The van der Waals surface area contributed by atoms with E-state index in [2.05, 4.69) is 10.3 Å². The van der Waals surface area contributed by atoms with Crippen molar-refractivity contribution in [2.24, 2.45) is 11.8 Å². The van der Waals surface area contributed by atoms with Gasteiger partial charge in [0.25, 0.3) is 0 Å². The van der Waals surface area contributed by atoms with E-state index < -0.39 is 34.1 Å². The number of aliphatic hydroxyl groups excluding tert-OH is 2. The quantitative estimate of drug-likeness (QED) is 0.209.